The molecule has 0 bridgehead atoms. The molecular weight excluding hydrogens is 749 g/mol. The molecule has 0 N–H and O–H groups in total. The Morgan fingerprint density at radius 3 is 1.63 bits per heavy atom. The number of rotatable bonds is 2. The Balaban J connectivity index is 1.30. The van der Waals surface area contributed by atoms with Crippen LogP contribution in [0.5, 0.6) is 0 Å². The summed E-state index contributed by atoms with van der Waals surface area (Å²) in [7, 11) is 0. The van der Waals surface area contributed by atoms with Gasteiger partial charge in [0.05, 0.1) is 27.9 Å². The Kier molecular flexibility index (Phi) is 7.56. The summed E-state index contributed by atoms with van der Waals surface area (Å²) in [6.07, 6.45) is 9.70. The average molecular weight is 804 g/mol. The molecule has 0 amide bonds. The fourth-order valence-electron chi connectivity index (χ4n) is 12.2. The molecule has 0 fully saturated rings. The van der Waals surface area contributed by atoms with Gasteiger partial charge in [-0.25, -0.2) is 0 Å². The number of aryl methyl sites for hydroxylation is 4. The molecule has 62 heavy (non-hydrogen) atoms. The monoisotopic (exact) mass is 803 g/mol. The van der Waals surface area contributed by atoms with Crippen LogP contribution in [-0.4, -0.2) is 11.1 Å². The molecule has 13 rings (SSSR count). The van der Waals surface area contributed by atoms with Crippen LogP contribution in [0.3, 0.4) is 0 Å². The predicted molar refractivity (Wildman–Crippen MR) is 266 cm³/mol. The van der Waals surface area contributed by atoms with Gasteiger partial charge in [-0.1, -0.05) is 102 Å². The molecular formula is C58H54BN3. The van der Waals surface area contributed by atoms with Crippen LogP contribution in [0.4, 0.5) is 34.1 Å². The largest absolute Gasteiger partial charge is 0.311 e. The van der Waals surface area contributed by atoms with Crippen LogP contribution in [0.25, 0.3) is 38.1 Å². The van der Waals surface area contributed by atoms with E-state index < -0.39 is 0 Å². The number of nitrogens with zero attached hydrogens (tertiary/aromatic N) is 3. The number of hydrogen-bond donors (Lipinski definition) is 0. The summed E-state index contributed by atoms with van der Waals surface area (Å²) in [6.45, 7) is 14.2. The number of fused-ring (bicyclic) bond motifs is 14. The van der Waals surface area contributed by atoms with Crippen LogP contribution in [0.1, 0.15) is 101 Å². The zero-order chi connectivity index (χ0) is 41.8. The lowest BCUT2D eigenvalue weighted by molar-refractivity contribution is 0.591. The summed E-state index contributed by atoms with van der Waals surface area (Å²) < 4.78 is 2.65. The summed E-state index contributed by atoms with van der Waals surface area (Å²) in [4.78, 5) is 5.41. The number of para-hydroxylation sites is 2. The predicted octanol–water partition coefficient (Wildman–Crippen LogP) is 13.3. The van der Waals surface area contributed by atoms with Gasteiger partial charge in [0.1, 0.15) is 0 Å². The zero-order valence-corrected chi connectivity index (χ0v) is 37.1. The number of benzene rings is 7. The van der Waals surface area contributed by atoms with E-state index in [1.807, 2.05) is 0 Å². The summed E-state index contributed by atoms with van der Waals surface area (Å²) in [6, 6.07) is 48.2. The van der Waals surface area contributed by atoms with Gasteiger partial charge in [-0.15, -0.1) is 0 Å². The third kappa shape index (κ3) is 5.01. The minimum Gasteiger partial charge on any atom is -0.311 e. The van der Waals surface area contributed by atoms with Gasteiger partial charge in [-0.05, 0) is 173 Å². The zero-order valence-electron chi connectivity index (χ0n) is 37.1. The first-order chi connectivity index (χ1) is 30.0. The third-order valence-corrected chi connectivity index (χ3v) is 15.3. The van der Waals surface area contributed by atoms with Gasteiger partial charge in [0.15, 0.2) is 0 Å². The van der Waals surface area contributed by atoms with E-state index in [1.165, 1.54) is 149 Å². The molecule has 2 aliphatic carbocycles. The van der Waals surface area contributed by atoms with E-state index >= 15 is 0 Å². The lowest BCUT2D eigenvalue weighted by Crippen LogP contribution is -2.61. The van der Waals surface area contributed by atoms with Crippen molar-refractivity contribution >= 4 is 95.3 Å². The third-order valence-electron chi connectivity index (χ3n) is 15.3. The number of anilines is 6. The first kappa shape index (κ1) is 36.6. The average Bonchev–Trinajstić information content (AvgIpc) is 3.79. The molecule has 2 aromatic heterocycles. The fourth-order valence-corrected chi connectivity index (χ4v) is 12.2. The van der Waals surface area contributed by atoms with E-state index in [0.717, 1.165) is 19.3 Å². The molecule has 4 heterocycles. The Labute approximate surface area is 366 Å². The first-order valence-corrected chi connectivity index (χ1v) is 23.4. The van der Waals surface area contributed by atoms with Gasteiger partial charge < -0.3 is 14.2 Å². The van der Waals surface area contributed by atoms with Crippen LogP contribution >= 0.6 is 0 Å². The second-order valence-electron chi connectivity index (χ2n) is 21.1. The second kappa shape index (κ2) is 12.8. The van der Waals surface area contributed by atoms with Gasteiger partial charge in [0.25, 0.3) is 6.71 Å². The Bertz CT molecular complexity index is 3340. The Hall–Kier alpha value is -6.00. The van der Waals surface area contributed by atoms with Crippen molar-refractivity contribution in [2.24, 2.45) is 0 Å². The van der Waals surface area contributed by atoms with Gasteiger partial charge in [0.2, 0.25) is 0 Å². The maximum Gasteiger partial charge on any atom is 0.252 e. The summed E-state index contributed by atoms with van der Waals surface area (Å²) in [5.41, 5.74) is 24.9. The minimum absolute atomic E-state index is 0.00392. The maximum atomic E-state index is 2.77. The molecule has 7 aromatic carbocycles. The molecule has 0 spiro atoms. The van der Waals surface area contributed by atoms with Crippen LogP contribution in [0, 0.1) is 0 Å². The fraction of sp³-hybridized carbons (Fsp3) is 0.276. The van der Waals surface area contributed by atoms with Crippen molar-refractivity contribution in [3.63, 3.8) is 0 Å². The first-order valence-electron chi connectivity index (χ1n) is 23.4. The summed E-state index contributed by atoms with van der Waals surface area (Å²) in [5.74, 6) is 0. The molecule has 2 aliphatic heterocycles. The van der Waals surface area contributed by atoms with Crippen molar-refractivity contribution < 1.29 is 0 Å². The standard InChI is InChI=1S/C58H54BN3/c1-57(2,3)39-25-28-47-43(33-39)51-54-52(44-34-40(58(4,5)6)26-29-48(44)62(47)54)56-53-55(51)60(41-20-8-7-9-21-41)49-23-15-14-22-45(49)59(53)46-31-37-18-12-13-19-38(37)32-50(46)61(56)42-27-24-35-16-10-11-17-36(35)30-42/h7-9,14-15,20-34H,10-13,16-19H2,1-6H3. The van der Waals surface area contributed by atoms with Crippen molar-refractivity contribution in [3.05, 3.63) is 155 Å². The number of aromatic nitrogens is 1. The molecule has 9 aromatic rings. The maximum absolute atomic E-state index is 2.77. The van der Waals surface area contributed by atoms with E-state index in [2.05, 4.69) is 177 Å². The highest BCUT2D eigenvalue weighted by molar-refractivity contribution is 7.01. The molecule has 0 saturated heterocycles. The SMILES string of the molecule is CC(C)(C)c1ccc2c(c1)c1c3c4c(c5c6cc(C(C)(C)C)ccc6n2c15)N(c1ccc2c(c1)CCCC2)c1cc2c(cc1B4c1ccccc1N3c1ccccc1)CCCC2. The van der Waals surface area contributed by atoms with E-state index in [0.29, 0.717) is 0 Å². The van der Waals surface area contributed by atoms with Crippen molar-refractivity contribution in [1.29, 1.82) is 0 Å². The van der Waals surface area contributed by atoms with Gasteiger partial charge in [-0.2, -0.15) is 0 Å². The van der Waals surface area contributed by atoms with Crippen LogP contribution < -0.4 is 26.2 Å². The highest BCUT2D eigenvalue weighted by Crippen LogP contribution is 2.55. The Morgan fingerprint density at radius 2 is 1.00 bits per heavy atom. The van der Waals surface area contributed by atoms with E-state index in [4.69, 9.17) is 0 Å². The summed E-state index contributed by atoms with van der Waals surface area (Å²) >= 11 is 0. The van der Waals surface area contributed by atoms with E-state index in [9.17, 15) is 0 Å². The van der Waals surface area contributed by atoms with Crippen molar-refractivity contribution in [2.45, 2.75) is 104 Å². The highest BCUT2D eigenvalue weighted by atomic mass is 15.2. The van der Waals surface area contributed by atoms with Crippen molar-refractivity contribution in [3.8, 4) is 0 Å². The number of hydrogen-bond acceptors (Lipinski definition) is 2. The summed E-state index contributed by atoms with van der Waals surface area (Å²) in [5, 5.41) is 5.44. The molecule has 0 unspecified atom stereocenters. The molecule has 3 nitrogen and oxygen atoms in total. The molecule has 304 valence electrons. The topological polar surface area (TPSA) is 10.9 Å². The molecule has 0 atom stereocenters. The molecule has 4 aliphatic rings. The van der Waals surface area contributed by atoms with Gasteiger partial charge in [0, 0.05) is 44.3 Å². The minimum atomic E-state index is -0.00402. The van der Waals surface area contributed by atoms with Crippen molar-refractivity contribution in [2.75, 3.05) is 9.80 Å². The smallest absolute Gasteiger partial charge is 0.252 e. The second-order valence-corrected chi connectivity index (χ2v) is 21.1. The van der Waals surface area contributed by atoms with Crippen LogP contribution in [-0.2, 0) is 36.5 Å². The molecule has 4 heteroatoms. The van der Waals surface area contributed by atoms with Gasteiger partial charge in [-0.3, -0.25) is 0 Å². The molecule has 0 saturated carbocycles. The van der Waals surface area contributed by atoms with E-state index in [1.54, 1.807) is 5.56 Å². The quantitative estimate of drug-likeness (QED) is 0.161. The van der Waals surface area contributed by atoms with Gasteiger partial charge >= 0.3 is 0 Å². The highest BCUT2D eigenvalue weighted by Gasteiger charge is 2.47. The molecule has 0 radical (unpaired) electrons. The van der Waals surface area contributed by atoms with Crippen LogP contribution in [0.2, 0.25) is 0 Å². The Morgan fingerprint density at radius 1 is 0.452 bits per heavy atom. The lowest BCUT2D eigenvalue weighted by Gasteiger charge is -2.45. The van der Waals surface area contributed by atoms with Crippen LogP contribution in [0.15, 0.2) is 121 Å². The van der Waals surface area contributed by atoms with Crippen molar-refractivity contribution in [1.82, 2.24) is 4.40 Å². The normalized spacial score (nSPS) is 15.9. The lowest BCUT2D eigenvalue weighted by atomic mass is 9.33. The van der Waals surface area contributed by atoms with E-state index in [-0.39, 0.29) is 17.5 Å².